The number of rotatable bonds is 1. The van der Waals surface area contributed by atoms with Crippen molar-refractivity contribution in [1.29, 1.82) is 0 Å². The van der Waals surface area contributed by atoms with Crippen molar-refractivity contribution in [3.8, 4) is 0 Å². The van der Waals surface area contributed by atoms with E-state index in [1.165, 1.54) is 0 Å². The van der Waals surface area contributed by atoms with Gasteiger partial charge in [0.15, 0.2) is 0 Å². The summed E-state index contributed by atoms with van der Waals surface area (Å²) in [6.07, 6.45) is 1.62. The fourth-order valence-corrected chi connectivity index (χ4v) is 1.24. The van der Waals surface area contributed by atoms with Gasteiger partial charge in [-0.1, -0.05) is 6.07 Å². The Bertz CT molecular complexity index is 408. The fraction of sp³-hybridized carbons (Fsp3) is 0.125. The van der Waals surface area contributed by atoms with E-state index >= 15 is 0 Å². The summed E-state index contributed by atoms with van der Waals surface area (Å²) < 4.78 is 1.72. The highest BCUT2D eigenvalue weighted by Crippen LogP contribution is 2.11. The minimum Gasteiger partial charge on any atom is -0.390 e. The fourth-order valence-electron chi connectivity index (χ4n) is 1.24. The van der Waals surface area contributed by atoms with Crippen LogP contribution in [0.25, 0.3) is 5.65 Å². The van der Waals surface area contributed by atoms with E-state index in [0.717, 1.165) is 5.65 Å². The first kappa shape index (κ1) is 7.12. The second kappa shape index (κ2) is 2.49. The molecule has 4 heteroatoms. The number of anilines is 1. The number of nitrogens with zero attached hydrogens (tertiary/aromatic N) is 2. The van der Waals surface area contributed by atoms with E-state index in [4.69, 9.17) is 10.8 Å². The monoisotopic (exact) mass is 163 g/mol. The molecule has 2 rings (SSSR count). The molecule has 2 aromatic rings. The molecule has 0 fully saturated rings. The van der Waals surface area contributed by atoms with Crippen LogP contribution in [-0.2, 0) is 6.61 Å². The van der Waals surface area contributed by atoms with Gasteiger partial charge >= 0.3 is 0 Å². The van der Waals surface area contributed by atoms with Crippen LogP contribution in [0.5, 0.6) is 0 Å². The van der Waals surface area contributed by atoms with Gasteiger partial charge in [-0.05, 0) is 12.1 Å². The molecule has 12 heavy (non-hydrogen) atoms. The molecule has 0 aliphatic rings. The molecule has 0 unspecified atom stereocenters. The lowest BCUT2D eigenvalue weighted by Gasteiger charge is -2.01. The van der Waals surface area contributed by atoms with Gasteiger partial charge in [-0.2, -0.15) is 0 Å². The molecular formula is C8H9N3O. The van der Waals surface area contributed by atoms with Crippen LogP contribution in [-0.4, -0.2) is 14.5 Å². The Labute approximate surface area is 69.3 Å². The van der Waals surface area contributed by atoms with Gasteiger partial charge < -0.3 is 10.8 Å². The van der Waals surface area contributed by atoms with Crippen molar-refractivity contribution < 1.29 is 5.11 Å². The van der Waals surface area contributed by atoms with Crippen molar-refractivity contribution in [2.75, 3.05) is 5.73 Å². The maximum Gasteiger partial charge on any atom is 0.138 e. The SMILES string of the molecule is Nc1cccc2ncc(CO)n12. The van der Waals surface area contributed by atoms with Gasteiger partial charge in [0.1, 0.15) is 11.5 Å². The van der Waals surface area contributed by atoms with Gasteiger partial charge in [-0.25, -0.2) is 4.98 Å². The quantitative estimate of drug-likeness (QED) is 0.640. The minimum absolute atomic E-state index is 0.0463. The maximum atomic E-state index is 8.93. The third kappa shape index (κ3) is 0.853. The zero-order chi connectivity index (χ0) is 8.55. The second-order valence-corrected chi connectivity index (χ2v) is 2.55. The topological polar surface area (TPSA) is 63.5 Å². The average Bonchev–Trinajstić information content (AvgIpc) is 2.49. The average molecular weight is 163 g/mol. The first-order valence-corrected chi connectivity index (χ1v) is 3.64. The normalized spacial score (nSPS) is 10.8. The zero-order valence-corrected chi connectivity index (χ0v) is 6.44. The van der Waals surface area contributed by atoms with Gasteiger partial charge in [0.25, 0.3) is 0 Å². The zero-order valence-electron chi connectivity index (χ0n) is 6.44. The molecular weight excluding hydrogens is 154 g/mol. The number of imidazole rings is 1. The van der Waals surface area contributed by atoms with Gasteiger partial charge in [0.2, 0.25) is 0 Å². The van der Waals surface area contributed by atoms with Gasteiger partial charge in [-0.3, -0.25) is 4.40 Å². The second-order valence-electron chi connectivity index (χ2n) is 2.55. The van der Waals surface area contributed by atoms with Crippen LogP contribution < -0.4 is 5.73 Å². The summed E-state index contributed by atoms with van der Waals surface area (Å²) in [6, 6.07) is 5.45. The number of nitrogens with two attached hydrogens (primary N) is 1. The number of aromatic nitrogens is 2. The highest BCUT2D eigenvalue weighted by molar-refractivity contribution is 5.49. The number of aliphatic hydroxyl groups excluding tert-OH is 1. The largest absolute Gasteiger partial charge is 0.390 e. The smallest absolute Gasteiger partial charge is 0.138 e. The number of aliphatic hydroxyl groups is 1. The summed E-state index contributed by atoms with van der Waals surface area (Å²) in [5.74, 6) is 0.592. The summed E-state index contributed by atoms with van der Waals surface area (Å²) >= 11 is 0. The predicted molar refractivity (Wildman–Crippen MR) is 45.5 cm³/mol. The Kier molecular flexibility index (Phi) is 1.48. The van der Waals surface area contributed by atoms with Crippen LogP contribution in [0, 0.1) is 0 Å². The molecule has 4 nitrogen and oxygen atoms in total. The summed E-state index contributed by atoms with van der Waals surface area (Å²) in [6.45, 7) is -0.0463. The van der Waals surface area contributed by atoms with E-state index in [2.05, 4.69) is 4.98 Å². The molecule has 0 aliphatic carbocycles. The Morgan fingerprint density at radius 1 is 1.50 bits per heavy atom. The molecule has 0 bridgehead atoms. The molecule has 3 N–H and O–H groups in total. The Morgan fingerprint density at radius 3 is 3.08 bits per heavy atom. The van der Waals surface area contributed by atoms with Crippen LogP contribution in [0.4, 0.5) is 5.82 Å². The molecule has 0 spiro atoms. The lowest BCUT2D eigenvalue weighted by atomic mass is 10.4. The molecule has 62 valence electrons. The van der Waals surface area contributed by atoms with E-state index in [1.54, 1.807) is 16.7 Å². The third-order valence-electron chi connectivity index (χ3n) is 1.79. The van der Waals surface area contributed by atoms with Crippen LogP contribution in [0.1, 0.15) is 5.69 Å². The number of hydrogen-bond donors (Lipinski definition) is 2. The maximum absolute atomic E-state index is 8.93. The van der Waals surface area contributed by atoms with Crippen molar-refractivity contribution >= 4 is 11.5 Å². The summed E-state index contributed by atoms with van der Waals surface area (Å²) in [4.78, 5) is 4.07. The van der Waals surface area contributed by atoms with E-state index in [9.17, 15) is 0 Å². The van der Waals surface area contributed by atoms with Crippen LogP contribution in [0.2, 0.25) is 0 Å². The minimum atomic E-state index is -0.0463. The molecule has 2 aromatic heterocycles. The standard InChI is InChI=1S/C8H9N3O/c9-7-2-1-3-8-10-4-6(5-12)11(7)8/h1-4,12H,5,9H2. The Morgan fingerprint density at radius 2 is 2.33 bits per heavy atom. The van der Waals surface area contributed by atoms with Crippen molar-refractivity contribution in [2.45, 2.75) is 6.61 Å². The van der Waals surface area contributed by atoms with Crippen molar-refractivity contribution in [2.24, 2.45) is 0 Å². The first-order chi connectivity index (χ1) is 5.83. The van der Waals surface area contributed by atoms with E-state index in [0.29, 0.717) is 11.5 Å². The van der Waals surface area contributed by atoms with Crippen molar-refractivity contribution in [3.05, 3.63) is 30.1 Å². The lowest BCUT2D eigenvalue weighted by molar-refractivity contribution is 0.276. The van der Waals surface area contributed by atoms with Gasteiger partial charge in [0.05, 0.1) is 18.5 Å². The van der Waals surface area contributed by atoms with E-state index in [1.807, 2.05) is 12.1 Å². The lowest BCUT2D eigenvalue weighted by Crippen LogP contribution is -1.99. The molecule has 0 amide bonds. The number of fused-ring (bicyclic) bond motifs is 1. The van der Waals surface area contributed by atoms with Crippen LogP contribution in [0.3, 0.4) is 0 Å². The highest BCUT2D eigenvalue weighted by Gasteiger charge is 2.02. The molecule has 0 radical (unpaired) electrons. The predicted octanol–water partition coefficient (Wildman–Crippen LogP) is 0.409. The Hall–Kier alpha value is -1.55. The molecule has 0 aromatic carbocycles. The Balaban J connectivity index is 2.83. The summed E-state index contributed by atoms with van der Waals surface area (Å²) in [5, 5.41) is 8.93. The molecule has 2 heterocycles. The van der Waals surface area contributed by atoms with Crippen molar-refractivity contribution in [1.82, 2.24) is 9.38 Å². The van der Waals surface area contributed by atoms with Gasteiger partial charge in [-0.15, -0.1) is 0 Å². The molecule has 0 atom stereocenters. The van der Waals surface area contributed by atoms with Gasteiger partial charge in [0, 0.05) is 0 Å². The third-order valence-corrected chi connectivity index (χ3v) is 1.79. The van der Waals surface area contributed by atoms with Crippen LogP contribution in [0.15, 0.2) is 24.4 Å². The number of pyridine rings is 1. The van der Waals surface area contributed by atoms with Crippen molar-refractivity contribution in [3.63, 3.8) is 0 Å². The van der Waals surface area contributed by atoms with E-state index in [-0.39, 0.29) is 6.61 Å². The number of nitrogen functional groups attached to an aromatic ring is 1. The summed E-state index contributed by atoms with van der Waals surface area (Å²) in [5.41, 5.74) is 7.16. The molecule has 0 saturated heterocycles. The number of hydrogen-bond acceptors (Lipinski definition) is 3. The summed E-state index contributed by atoms with van der Waals surface area (Å²) in [7, 11) is 0. The van der Waals surface area contributed by atoms with E-state index < -0.39 is 0 Å². The highest BCUT2D eigenvalue weighted by atomic mass is 16.3. The molecule has 0 saturated carbocycles. The first-order valence-electron chi connectivity index (χ1n) is 3.64. The molecule has 0 aliphatic heterocycles. The van der Waals surface area contributed by atoms with Crippen LogP contribution >= 0.6 is 0 Å².